The van der Waals surface area contributed by atoms with Crippen molar-refractivity contribution in [2.24, 2.45) is 5.92 Å². The first kappa shape index (κ1) is 16.1. The van der Waals surface area contributed by atoms with Crippen LogP contribution in [-0.4, -0.2) is 16.1 Å². The van der Waals surface area contributed by atoms with Crippen molar-refractivity contribution in [2.75, 3.05) is 0 Å². The third kappa shape index (κ3) is 3.43. The molecule has 24 heavy (non-hydrogen) atoms. The molecule has 1 aromatic heterocycles. The molecular formula is C20H19FN2O. The van der Waals surface area contributed by atoms with Crippen LogP contribution in [0.3, 0.4) is 0 Å². The van der Waals surface area contributed by atoms with E-state index in [1.165, 1.54) is 17.7 Å². The molecule has 0 amide bonds. The Labute approximate surface area is 140 Å². The standard InChI is InChI=1S/C20H19FN2O/c1-14(2)11-15-3-5-16(6-4-15)20-17(13-24)12-23(22-20)19-9-7-18(21)8-10-19/h3-10,12-14H,11H2,1-2H3. The predicted octanol–water partition coefficient (Wildman–Crippen LogP) is 4.69. The van der Waals surface area contributed by atoms with Crippen LogP contribution in [0.15, 0.2) is 54.7 Å². The molecule has 0 radical (unpaired) electrons. The van der Waals surface area contributed by atoms with Gasteiger partial charge >= 0.3 is 0 Å². The van der Waals surface area contributed by atoms with E-state index < -0.39 is 0 Å². The molecule has 0 N–H and O–H groups in total. The molecular weight excluding hydrogens is 303 g/mol. The quantitative estimate of drug-likeness (QED) is 0.639. The van der Waals surface area contributed by atoms with Gasteiger partial charge in [-0.3, -0.25) is 4.79 Å². The summed E-state index contributed by atoms with van der Waals surface area (Å²) in [6, 6.07) is 14.1. The Balaban J connectivity index is 1.95. The van der Waals surface area contributed by atoms with Gasteiger partial charge in [0.15, 0.2) is 6.29 Å². The largest absolute Gasteiger partial charge is 0.298 e. The Morgan fingerprint density at radius 1 is 1.08 bits per heavy atom. The van der Waals surface area contributed by atoms with E-state index in [0.717, 1.165) is 18.3 Å². The van der Waals surface area contributed by atoms with Crippen molar-refractivity contribution in [1.29, 1.82) is 0 Å². The van der Waals surface area contributed by atoms with Gasteiger partial charge in [0.05, 0.1) is 11.3 Å². The molecule has 4 heteroatoms. The van der Waals surface area contributed by atoms with Crippen LogP contribution in [-0.2, 0) is 6.42 Å². The lowest BCUT2D eigenvalue weighted by molar-refractivity contribution is 0.112. The van der Waals surface area contributed by atoms with Crippen LogP contribution >= 0.6 is 0 Å². The van der Waals surface area contributed by atoms with Gasteiger partial charge in [0, 0.05) is 11.8 Å². The fourth-order valence-electron chi connectivity index (χ4n) is 2.69. The van der Waals surface area contributed by atoms with Gasteiger partial charge in [0.2, 0.25) is 0 Å². The summed E-state index contributed by atoms with van der Waals surface area (Å²) in [5, 5.41) is 4.50. The third-order valence-electron chi connectivity index (χ3n) is 3.83. The monoisotopic (exact) mass is 322 g/mol. The molecule has 122 valence electrons. The molecule has 0 aliphatic heterocycles. The smallest absolute Gasteiger partial charge is 0.153 e. The maximum Gasteiger partial charge on any atom is 0.153 e. The second kappa shape index (κ2) is 6.79. The van der Waals surface area contributed by atoms with Gasteiger partial charge in [-0.25, -0.2) is 9.07 Å². The number of hydrogen-bond donors (Lipinski definition) is 0. The number of aromatic nitrogens is 2. The fourth-order valence-corrected chi connectivity index (χ4v) is 2.69. The van der Waals surface area contributed by atoms with Crippen molar-refractivity contribution in [3.63, 3.8) is 0 Å². The number of nitrogens with zero attached hydrogens (tertiary/aromatic N) is 2. The fraction of sp³-hybridized carbons (Fsp3) is 0.200. The van der Waals surface area contributed by atoms with Crippen molar-refractivity contribution in [3.8, 4) is 16.9 Å². The number of hydrogen-bond acceptors (Lipinski definition) is 2. The summed E-state index contributed by atoms with van der Waals surface area (Å²) in [4.78, 5) is 11.4. The minimum Gasteiger partial charge on any atom is -0.298 e. The molecule has 0 atom stereocenters. The zero-order valence-corrected chi connectivity index (χ0v) is 13.7. The van der Waals surface area contributed by atoms with Crippen molar-refractivity contribution < 1.29 is 9.18 Å². The summed E-state index contributed by atoms with van der Waals surface area (Å²) in [6.07, 6.45) is 3.48. The Morgan fingerprint density at radius 2 is 1.75 bits per heavy atom. The van der Waals surface area contributed by atoms with E-state index in [9.17, 15) is 9.18 Å². The van der Waals surface area contributed by atoms with E-state index in [1.54, 1.807) is 23.0 Å². The van der Waals surface area contributed by atoms with E-state index in [2.05, 4.69) is 31.1 Å². The normalized spacial score (nSPS) is 11.0. The zero-order valence-electron chi connectivity index (χ0n) is 13.7. The highest BCUT2D eigenvalue weighted by Crippen LogP contribution is 2.24. The van der Waals surface area contributed by atoms with Crippen molar-refractivity contribution >= 4 is 6.29 Å². The second-order valence-electron chi connectivity index (χ2n) is 6.27. The summed E-state index contributed by atoms with van der Waals surface area (Å²) in [7, 11) is 0. The Hall–Kier alpha value is -2.75. The highest BCUT2D eigenvalue weighted by Gasteiger charge is 2.12. The highest BCUT2D eigenvalue weighted by atomic mass is 19.1. The number of aldehydes is 1. The molecule has 3 nitrogen and oxygen atoms in total. The Kier molecular flexibility index (Phi) is 4.56. The zero-order chi connectivity index (χ0) is 17.1. The molecule has 0 fully saturated rings. The lowest BCUT2D eigenvalue weighted by Gasteiger charge is -2.06. The maximum atomic E-state index is 13.1. The molecule has 0 aliphatic carbocycles. The number of benzene rings is 2. The summed E-state index contributed by atoms with van der Waals surface area (Å²) in [5.41, 5.74) is 4.01. The molecule has 0 saturated heterocycles. The van der Waals surface area contributed by atoms with E-state index in [4.69, 9.17) is 0 Å². The minimum atomic E-state index is -0.303. The molecule has 0 unspecified atom stereocenters. The molecule has 0 spiro atoms. The molecule has 3 rings (SSSR count). The summed E-state index contributed by atoms with van der Waals surface area (Å²) < 4.78 is 14.7. The SMILES string of the molecule is CC(C)Cc1ccc(-c2nn(-c3ccc(F)cc3)cc2C=O)cc1. The molecule has 0 aliphatic rings. The minimum absolute atomic E-state index is 0.303. The van der Waals surface area contributed by atoms with E-state index in [-0.39, 0.29) is 5.82 Å². The van der Waals surface area contributed by atoms with Crippen LogP contribution in [0.5, 0.6) is 0 Å². The van der Waals surface area contributed by atoms with E-state index in [0.29, 0.717) is 22.9 Å². The number of carbonyl (C=O) groups excluding carboxylic acids is 1. The van der Waals surface area contributed by atoms with Crippen LogP contribution in [0.25, 0.3) is 16.9 Å². The lowest BCUT2D eigenvalue weighted by Crippen LogP contribution is -1.95. The van der Waals surface area contributed by atoms with Gasteiger partial charge < -0.3 is 0 Å². The van der Waals surface area contributed by atoms with Crippen LogP contribution in [0.1, 0.15) is 29.8 Å². The van der Waals surface area contributed by atoms with Crippen LogP contribution in [0.4, 0.5) is 4.39 Å². The van der Waals surface area contributed by atoms with Crippen molar-refractivity contribution in [3.05, 3.63) is 71.7 Å². The predicted molar refractivity (Wildman–Crippen MR) is 92.9 cm³/mol. The van der Waals surface area contributed by atoms with E-state index in [1.807, 2.05) is 12.1 Å². The first-order valence-electron chi connectivity index (χ1n) is 7.97. The molecule has 3 aromatic rings. The molecule has 1 heterocycles. The summed E-state index contributed by atoms with van der Waals surface area (Å²) in [6.45, 7) is 4.37. The summed E-state index contributed by atoms with van der Waals surface area (Å²) in [5.74, 6) is 0.293. The van der Waals surface area contributed by atoms with Crippen LogP contribution in [0.2, 0.25) is 0 Å². The van der Waals surface area contributed by atoms with Gasteiger partial charge in [-0.05, 0) is 42.2 Å². The van der Waals surface area contributed by atoms with Crippen molar-refractivity contribution in [2.45, 2.75) is 20.3 Å². The molecule has 0 bridgehead atoms. The Bertz CT molecular complexity index is 833. The van der Waals surface area contributed by atoms with Gasteiger partial charge in [0.25, 0.3) is 0 Å². The summed E-state index contributed by atoms with van der Waals surface area (Å²) >= 11 is 0. The number of rotatable bonds is 5. The molecule has 2 aromatic carbocycles. The lowest BCUT2D eigenvalue weighted by atomic mass is 10.0. The average Bonchev–Trinajstić information content (AvgIpc) is 3.00. The molecule has 0 saturated carbocycles. The maximum absolute atomic E-state index is 13.1. The van der Waals surface area contributed by atoms with Gasteiger partial charge in [0.1, 0.15) is 11.5 Å². The second-order valence-corrected chi connectivity index (χ2v) is 6.27. The third-order valence-corrected chi connectivity index (χ3v) is 3.83. The van der Waals surface area contributed by atoms with E-state index >= 15 is 0 Å². The average molecular weight is 322 g/mol. The topological polar surface area (TPSA) is 34.9 Å². The first-order valence-corrected chi connectivity index (χ1v) is 7.97. The van der Waals surface area contributed by atoms with Crippen LogP contribution in [0, 0.1) is 11.7 Å². The van der Waals surface area contributed by atoms with Gasteiger partial charge in [-0.15, -0.1) is 0 Å². The first-order chi connectivity index (χ1) is 11.6. The van der Waals surface area contributed by atoms with Gasteiger partial charge in [-0.1, -0.05) is 38.1 Å². The Morgan fingerprint density at radius 3 is 2.33 bits per heavy atom. The highest BCUT2D eigenvalue weighted by molar-refractivity contribution is 5.85. The van der Waals surface area contributed by atoms with Crippen LogP contribution < -0.4 is 0 Å². The van der Waals surface area contributed by atoms with Crippen molar-refractivity contribution in [1.82, 2.24) is 9.78 Å². The number of halogens is 1. The number of carbonyl (C=O) groups is 1. The van der Waals surface area contributed by atoms with Gasteiger partial charge in [-0.2, -0.15) is 5.10 Å².